The number of rotatable bonds is 5. The lowest BCUT2D eigenvalue weighted by Gasteiger charge is -2.05. The lowest BCUT2D eigenvalue weighted by Crippen LogP contribution is -2.13. The number of carbonyl (C=O) groups excluding carboxylic acids is 1. The maximum absolute atomic E-state index is 12.0. The summed E-state index contributed by atoms with van der Waals surface area (Å²) in [7, 11) is -3.32. The van der Waals surface area contributed by atoms with Gasteiger partial charge in [-0.3, -0.25) is 14.6 Å². The number of aromatic amines is 1. The van der Waals surface area contributed by atoms with Gasteiger partial charge in [0.1, 0.15) is 0 Å². The van der Waals surface area contributed by atoms with Crippen molar-refractivity contribution in [2.45, 2.75) is 13.3 Å². The third-order valence-electron chi connectivity index (χ3n) is 2.70. The molecule has 0 unspecified atom stereocenters. The summed E-state index contributed by atoms with van der Waals surface area (Å²) in [5, 5.41) is 9.44. The van der Waals surface area contributed by atoms with Gasteiger partial charge in [-0.15, -0.1) is 0 Å². The second-order valence-corrected chi connectivity index (χ2v) is 6.29. The number of H-pyrrole nitrogens is 1. The number of benzene rings is 1. The van der Waals surface area contributed by atoms with Gasteiger partial charge in [0, 0.05) is 23.0 Å². The van der Waals surface area contributed by atoms with E-state index in [2.05, 4.69) is 20.2 Å². The molecule has 0 saturated heterocycles. The molecule has 0 fully saturated rings. The van der Waals surface area contributed by atoms with Gasteiger partial charge in [-0.1, -0.05) is 6.92 Å². The number of hydrogen-bond donors (Lipinski definition) is 3. The quantitative estimate of drug-likeness (QED) is 0.780. The van der Waals surface area contributed by atoms with Crippen LogP contribution < -0.4 is 10.0 Å². The van der Waals surface area contributed by atoms with Crippen LogP contribution in [0.4, 0.5) is 11.5 Å². The van der Waals surface area contributed by atoms with Crippen molar-refractivity contribution in [3.05, 3.63) is 41.6 Å². The number of carbonyl (C=O) groups is 1. The van der Waals surface area contributed by atoms with E-state index in [1.54, 1.807) is 6.07 Å². The van der Waals surface area contributed by atoms with Gasteiger partial charge in [0.15, 0.2) is 5.82 Å². The molecule has 1 aromatic heterocycles. The maximum atomic E-state index is 12.0. The molecule has 2 rings (SSSR count). The second kappa shape index (κ2) is 5.96. The minimum absolute atomic E-state index is 0.310. The van der Waals surface area contributed by atoms with Crippen molar-refractivity contribution < 1.29 is 13.2 Å². The van der Waals surface area contributed by atoms with Crippen LogP contribution in [0.5, 0.6) is 0 Å². The Hall–Kier alpha value is -2.35. The second-order valence-electron chi connectivity index (χ2n) is 4.54. The zero-order chi connectivity index (χ0) is 15.5. The third-order valence-corrected chi connectivity index (χ3v) is 3.31. The van der Waals surface area contributed by atoms with Crippen LogP contribution in [0.2, 0.25) is 0 Å². The predicted octanol–water partition coefficient (Wildman–Crippen LogP) is 1.60. The van der Waals surface area contributed by atoms with Crippen LogP contribution >= 0.6 is 0 Å². The third kappa shape index (κ3) is 4.32. The number of sulfonamides is 1. The first-order valence-electron chi connectivity index (χ1n) is 6.31. The summed E-state index contributed by atoms with van der Waals surface area (Å²) < 4.78 is 24.5. The van der Waals surface area contributed by atoms with E-state index in [1.807, 2.05) is 6.92 Å². The Balaban J connectivity index is 2.06. The van der Waals surface area contributed by atoms with Crippen LogP contribution in [-0.2, 0) is 16.4 Å². The summed E-state index contributed by atoms with van der Waals surface area (Å²) in [6.07, 6.45) is 1.87. The summed E-state index contributed by atoms with van der Waals surface area (Å²) >= 11 is 0. The van der Waals surface area contributed by atoms with Crippen molar-refractivity contribution in [2.24, 2.45) is 0 Å². The smallest absolute Gasteiger partial charge is 0.256 e. The van der Waals surface area contributed by atoms with Crippen molar-refractivity contribution in [3.63, 3.8) is 0 Å². The Morgan fingerprint density at radius 2 is 1.95 bits per heavy atom. The highest BCUT2D eigenvalue weighted by molar-refractivity contribution is 7.92. The molecule has 0 spiro atoms. The summed E-state index contributed by atoms with van der Waals surface area (Å²) in [4.78, 5) is 12.0. The fourth-order valence-corrected chi connectivity index (χ4v) is 2.26. The van der Waals surface area contributed by atoms with E-state index < -0.39 is 10.0 Å². The minimum Gasteiger partial charge on any atom is -0.305 e. The zero-order valence-electron chi connectivity index (χ0n) is 11.7. The molecule has 0 radical (unpaired) electrons. The predicted molar refractivity (Wildman–Crippen MR) is 80.8 cm³/mol. The number of aryl methyl sites for hydroxylation is 1. The van der Waals surface area contributed by atoms with E-state index in [4.69, 9.17) is 0 Å². The monoisotopic (exact) mass is 308 g/mol. The Morgan fingerprint density at radius 1 is 1.29 bits per heavy atom. The lowest BCUT2D eigenvalue weighted by molar-refractivity contribution is 0.102. The van der Waals surface area contributed by atoms with Gasteiger partial charge in [0.25, 0.3) is 5.91 Å². The van der Waals surface area contributed by atoms with Crippen LogP contribution in [0.25, 0.3) is 0 Å². The summed E-state index contributed by atoms with van der Waals surface area (Å²) in [6, 6.07) is 7.89. The van der Waals surface area contributed by atoms with Crippen molar-refractivity contribution in [2.75, 3.05) is 16.3 Å². The number of amides is 1. The van der Waals surface area contributed by atoms with E-state index in [0.29, 0.717) is 17.1 Å². The molecule has 1 heterocycles. The van der Waals surface area contributed by atoms with E-state index in [0.717, 1.165) is 18.4 Å². The number of hydrogen-bond acceptors (Lipinski definition) is 4. The molecule has 0 atom stereocenters. The molecule has 21 heavy (non-hydrogen) atoms. The lowest BCUT2D eigenvalue weighted by atomic mass is 10.2. The SMILES string of the molecule is CCc1cc(NC(=O)c2ccc(NS(C)(=O)=O)cc2)n[nH]1. The van der Waals surface area contributed by atoms with Gasteiger partial charge in [0.2, 0.25) is 10.0 Å². The van der Waals surface area contributed by atoms with Crippen LogP contribution in [0.1, 0.15) is 23.0 Å². The molecule has 3 N–H and O–H groups in total. The molecule has 0 aliphatic carbocycles. The molecule has 0 saturated carbocycles. The first-order valence-corrected chi connectivity index (χ1v) is 8.20. The van der Waals surface area contributed by atoms with Crippen LogP contribution in [0.15, 0.2) is 30.3 Å². The number of anilines is 2. The van der Waals surface area contributed by atoms with E-state index >= 15 is 0 Å². The molecule has 112 valence electrons. The zero-order valence-corrected chi connectivity index (χ0v) is 12.5. The largest absolute Gasteiger partial charge is 0.305 e. The van der Waals surface area contributed by atoms with Crippen LogP contribution in [0.3, 0.4) is 0 Å². The Kier molecular flexibility index (Phi) is 4.27. The first-order chi connectivity index (χ1) is 9.87. The summed E-state index contributed by atoms with van der Waals surface area (Å²) in [5.41, 5.74) is 1.75. The highest BCUT2D eigenvalue weighted by atomic mass is 32.2. The molecule has 0 aliphatic rings. The molecule has 8 heteroatoms. The fraction of sp³-hybridized carbons (Fsp3) is 0.231. The van der Waals surface area contributed by atoms with E-state index in [9.17, 15) is 13.2 Å². The molecule has 7 nitrogen and oxygen atoms in total. The van der Waals surface area contributed by atoms with Crippen LogP contribution in [-0.4, -0.2) is 30.8 Å². The van der Waals surface area contributed by atoms with Gasteiger partial charge in [-0.25, -0.2) is 8.42 Å². The molecule has 0 aliphatic heterocycles. The summed E-state index contributed by atoms with van der Waals surface area (Å²) in [5.74, 6) is 0.144. The molecular formula is C13H16N4O3S. The molecule has 1 amide bonds. The topological polar surface area (TPSA) is 104 Å². The average molecular weight is 308 g/mol. The fourth-order valence-electron chi connectivity index (χ4n) is 1.70. The van der Waals surface area contributed by atoms with E-state index in [1.165, 1.54) is 24.3 Å². The minimum atomic E-state index is -3.32. The highest BCUT2D eigenvalue weighted by Gasteiger charge is 2.09. The first kappa shape index (κ1) is 15.0. The molecule has 0 bridgehead atoms. The molecule has 2 aromatic rings. The van der Waals surface area contributed by atoms with Crippen molar-refractivity contribution in [1.29, 1.82) is 0 Å². The normalized spacial score (nSPS) is 11.1. The van der Waals surface area contributed by atoms with Gasteiger partial charge < -0.3 is 5.32 Å². The van der Waals surface area contributed by atoms with Gasteiger partial charge in [0.05, 0.1) is 6.26 Å². The number of nitrogens with one attached hydrogen (secondary N) is 3. The number of aromatic nitrogens is 2. The van der Waals surface area contributed by atoms with Crippen molar-refractivity contribution >= 4 is 27.4 Å². The Bertz CT molecular complexity index is 735. The van der Waals surface area contributed by atoms with Crippen LogP contribution in [0, 0.1) is 0 Å². The maximum Gasteiger partial charge on any atom is 0.256 e. The van der Waals surface area contributed by atoms with Gasteiger partial charge >= 0.3 is 0 Å². The molecular weight excluding hydrogens is 292 g/mol. The standard InChI is InChI=1S/C13H16N4O3S/c1-3-10-8-12(16-15-10)14-13(18)9-4-6-11(7-5-9)17-21(2,19)20/h4-8,17H,3H2,1-2H3,(H2,14,15,16,18). The average Bonchev–Trinajstić information content (AvgIpc) is 2.85. The summed E-state index contributed by atoms with van der Waals surface area (Å²) in [6.45, 7) is 1.98. The van der Waals surface area contributed by atoms with Crippen molar-refractivity contribution in [1.82, 2.24) is 10.2 Å². The Labute approximate surface area is 122 Å². The molecule has 1 aromatic carbocycles. The van der Waals surface area contributed by atoms with Gasteiger partial charge in [-0.05, 0) is 30.7 Å². The Morgan fingerprint density at radius 3 is 2.48 bits per heavy atom. The van der Waals surface area contributed by atoms with Gasteiger partial charge in [-0.2, -0.15) is 5.10 Å². The number of nitrogens with zero attached hydrogens (tertiary/aromatic N) is 1. The highest BCUT2D eigenvalue weighted by Crippen LogP contribution is 2.13. The van der Waals surface area contributed by atoms with E-state index in [-0.39, 0.29) is 5.91 Å². The van der Waals surface area contributed by atoms with Crippen molar-refractivity contribution in [3.8, 4) is 0 Å².